The number of ether oxygens (including phenoxy) is 1. The van der Waals surface area contributed by atoms with Gasteiger partial charge in [0.2, 0.25) is 0 Å². The number of thiazole rings is 1. The van der Waals surface area contributed by atoms with Gasteiger partial charge in [0.05, 0.1) is 16.4 Å². The van der Waals surface area contributed by atoms with Crippen molar-refractivity contribution in [3.05, 3.63) is 76.2 Å². The van der Waals surface area contributed by atoms with Gasteiger partial charge < -0.3 is 4.74 Å². The Hall–Kier alpha value is -2.59. The van der Waals surface area contributed by atoms with Crippen molar-refractivity contribution in [1.29, 1.82) is 0 Å². The zero-order valence-corrected chi connectivity index (χ0v) is 15.9. The minimum absolute atomic E-state index is 0.112. The summed E-state index contributed by atoms with van der Waals surface area (Å²) in [6, 6.07) is 15.1. The molecule has 0 aliphatic rings. The summed E-state index contributed by atoms with van der Waals surface area (Å²) in [7, 11) is -5.48. The standard InChI is InChI=1S/C18H15F3N2O3S2/c19-18(20,21)28(24,25)23-14-7-4-8-16(10-14)26-11-15-12-27-17(22-15)9-13-5-2-1-3-6-13/h1-8,10,12,23H,9,11H2. The van der Waals surface area contributed by atoms with E-state index in [1.165, 1.54) is 40.3 Å². The molecule has 0 radical (unpaired) electrons. The molecule has 3 aromatic rings. The van der Waals surface area contributed by atoms with Crippen molar-refractivity contribution >= 4 is 27.0 Å². The third-order valence-corrected chi connectivity index (χ3v) is 5.59. The van der Waals surface area contributed by atoms with Crippen molar-refractivity contribution in [2.45, 2.75) is 18.5 Å². The second kappa shape index (κ2) is 8.19. The van der Waals surface area contributed by atoms with Crippen LogP contribution in [-0.2, 0) is 23.1 Å². The summed E-state index contributed by atoms with van der Waals surface area (Å²) in [5, 5.41) is 2.76. The molecule has 28 heavy (non-hydrogen) atoms. The fourth-order valence-corrected chi connectivity index (χ4v) is 3.65. The molecule has 0 aliphatic carbocycles. The molecule has 0 atom stereocenters. The summed E-state index contributed by atoms with van der Waals surface area (Å²) in [5.74, 6) is 0.222. The molecule has 5 nitrogen and oxygen atoms in total. The Labute approximate surface area is 163 Å². The summed E-state index contributed by atoms with van der Waals surface area (Å²) in [4.78, 5) is 4.47. The molecule has 3 rings (SSSR count). The highest BCUT2D eigenvalue weighted by atomic mass is 32.2. The predicted octanol–water partition coefficient (Wildman–Crippen LogP) is 4.57. The van der Waals surface area contributed by atoms with E-state index in [1.54, 1.807) is 0 Å². The largest absolute Gasteiger partial charge is 0.516 e. The Kier molecular flexibility index (Phi) is 5.90. The number of sulfonamides is 1. The average Bonchev–Trinajstić information content (AvgIpc) is 3.07. The number of hydrogen-bond acceptors (Lipinski definition) is 5. The van der Waals surface area contributed by atoms with E-state index in [0.29, 0.717) is 12.1 Å². The van der Waals surface area contributed by atoms with Gasteiger partial charge in [-0.3, -0.25) is 4.72 Å². The summed E-state index contributed by atoms with van der Waals surface area (Å²) < 4.78 is 66.7. The van der Waals surface area contributed by atoms with Gasteiger partial charge in [-0.15, -0.1) is 11.3 Å². The first-order chi connectivity index (χ1) is 13.2. The predicted molar refractivity (Wildman–Crippen MR) is 101 cm³/mol. The van der Waals surface area contributed by atoms with E-state index in [4.69, 9.17) is 4.74 Å². The third kappa shape index (κ3) is 5.23. The van der Waals surface area contributed by atoms with Gasteiger partial charge in [-0.05, 0) is 17.7 Å². The number of hydrogen-bond donors (Lipinski definition) is 1. The van der Waals surface area contributed by atoms with E-state index >= 15 is 0 Å². The van der Waals surface area contributed by atoms with E-state index in [9.17, 15) is 21.6 Å². The molecular formula is C18H15F3N2O3S2. The van der Waals surface area contributed by atoms with Gasteiger partial charge in [-0.25, -0.2) is 4.98 Å². The molecule has 10 heteroatoms. The quantitative estimate of drug-likeness (QED) is 0.598. The maximum atomic E-state index is 12.5. The van der Waals surface area contributed by atoms with Crippen molar-refractivity contribution < 1.29 is 26.3 Å². The van der Waals surface area contributed by atoms with Crippen LogP contribution in [0, 0.1) is 0 Å². The Bertz CT molecular complexity index is 1040. The van der Waals surface area contributed by atoms with Crippen LogP contribution >= 0.6 is 11.3 Å². The summed E-state index contributed by atoms with van der Waals surface area (Å²) in [6.45, 7) is 0.112. The Balaban J connectivity index is 1.61. The van der Waals surface area contributed by atoms with Crippen molar-refractivity contribution in [1.82, 2.24) is 4.98 Å². The van der Waals surface area contributed by atoms with Gasteiger partial charge in [0, 0.05) is 17.9 Å². The lowest BCUT2D eigenvalue weighted by Crippen LogP contribution is -2.29. The summed E-state index contributed by atoms with van der Waals surface area (Å²) >= 11 is 1.49. The van der Waals surface area contributed by atoms with Crippen molar-refractivity contribution in [2.24, 2.45) is 0 Å². The number of nitrogens with one attached hydrogen (secondary N) is 1. The van der Waals surface area contributed by atoms with E-state index in [0.717, 1.165) is 10.6 Å². The fraction of sp³-hybridized carbons (Fsp3) is 0.167. The van der Waals surface area contributed by atoms with Crippen LogP contribution in [0.25, 0.3) is 0 Å². The number of rotatable bonds is 7. The van der Waals surface area contributed by atoms with Crippen molar-refractivity contribution in [3.63, 3.8) is 0 Å². The van der Waals surface area contributed by atoms with Gasteiger partial charge in [-0.1, -0.05) is 36.4 Å². The topological polar surface area (TPSA) is 68.3 Å². The summed E-state index contributed by atoms with van der Waals surface area (Å²) in [6.07, 6.45) is 0.695. The first-order valence-corrected chi connectivity index (χ1v) is 10.4. The van der Waals surface area contributed by atoms with Crippen LogP contribution in [0.3, 0.4) is 0 Å². The number of alkyl halides is 3. The molecule has 148 valence electrons. The lowest BCUT2D eigenvalue weighted by atomic mass is 10.2. The second-order valence-corrected chi connectivity index (χ2v) is 8.38. The van der Waals surface area contributed by atoms with Crippen molar-refractivity contribution in [2.75, 3.05) is 4.72 Å². The minimum atomic E-state index is -5.48. The molecule has 0 spiro atoms. The van der Waals surface area contributed by atoms with Crippen LogP contribution < -0.4 is 9.46 Å². The molecule has 0 unspecified atom stereocenters. The molecule has 1 aromatic heterocycles. The molecule has 0 bridgehead atoms. The molecule has 0 saturated heterocycles. The monoisotopic (exact) mass is 428 g/mol. The maximum absolute atomic E-state index is 12.5. The van der Waals surface area contributed by atoms with E-state index in [2.05, 4.69) is 4.98 Å². The van der Waals surface area contributed by atoms with Gasteiger partial charge in [0.25, 0.3) is 0 Å². The lowest BCUT2D eigenvalue weighted by Gasteiger charge is -2.11. The fourth-order valence-electron chi connectivity index (χ4n) is 2.29. The third-order valence-electron chi connectivity index (χ3n) is 3.58. The van der Waals surface area contributed by atoms with Crippen LogP contribution in [0.4, 0.5) is 18.9 Å². The molecule has 0 saturated carbocycles. The van der Waals surface area contributed by atoms with Crippen LogP contribution in [0.2, 0.25) is 0 Å². The number of anilines is 1. The average molecular weight is 428 g/mol. The van der Waals surface area contributed by atoms with E-state index in [-0.39, 0.29) is 18.0 Å². The second-order valence-electron chi connectivity index (χ2n) is 5.76. The number of halogens is 3. The summed E-state index contributed by atoms with van der Waals surface area (Å²) in [5.41, 5.74) is -3.82. The SMILES string of the molecule is O=S(=O)(Nc1cccc(OCc2csc(Cc3ccccc3)n2)c1)C(F)(F)F. The van der Waals surface area contributed by atoms with Gasteiger partial charge in [-0.2, -0.15) is 21.6 Å². The Morgan fingerprint density at radius 1 is 1.07 bits per heavy atom. The molecule has 0 amide bonds. The zero-order valence-electron chi connectivity index (χ0n) is 14.3. The molecule has 1 heterocycles. The number of benzene rings is 2. The first kappa shape index (κ1) is 20.2. The highest BCUT2D eigenvalue weighted by Gasteiger charge is 2.46. The van der Waals surface area contributed by atoms with Crippen LogP contribution in [0.5, 0.6) is 5.75 Å². The van der Waals surface area contributed by atoms with Crippen LogP contribution in [0.15, 0.2) is 60.0 Å². The van der Waals surface area contributed by atoms with E-state index < -0.39 is 15.5 Å². The first-order valence-electron chi connectivity index (χ1n) is 8.02. The Morgan fingerprint density at radius 3 is 2.54 bits per heavy atom. The Morgan fingerprint density at radius 2 is 1.82 bits per heavy atom. The van der Waals surface area contributed by atoms with Crippen LogP contribution in [0.1, 0.15) is 16.3 Å². The minimum Gasteiger partial charge on any atom is -0.487 e. The van der Waals surface area contributed by atoms with E-state index in [1.807, 2.05) is 35.7 Å². The molecule has 0 aliphatic heterocycles. The smallest absolute Gasteiger partial charge is 0.487 e. The lowest BCUT2D eigenvalue weighted by molar-refractivity contribution is -0.0429. The highest BCUT2D eigenvalue weighted by molar-refractivity contribution is 7.93. The maximum Gasteiger partial charge on any atom is 0.516 e. The molecular weight excluding hydrogens is 413 g/mol. The van der Waals surface area contributed by atoms with Gasteiger partial charge in [0.1, 0.15) is 12.4 Å². The van der Waals surface area contributed by atoms with Gasteiger partial charge in [0.15, 0.2) is 0 Å². The zero-order chi connectivity index (χ0) is 20.2. The molecule has 0 fully saturated rings. The van der Waals surface area contributed by atoms with Crippen LogP contribution in [-0.4, -0.2) is 18.9 Å². The number of aromatic nitrogens is 1. The van der Waals surface area contributed by atoms with Gasteiger partial charge >= 0.3 is 15.5 Å². The van der Waals surface area contributed by atoms with Crippen molar-refractivity contribution in [3.8, 4) is 5.75 Å². The highest BCUT2D eigenvalue weighted by Crippen LogP contribution is 2.27. The molecule has 2 aromatic carbocycles. The number of nitrogens with zero attached hydrogens (tertiary/aromatic N) is 1. The normalized spacial score (nSPS) is 12.0. The molecule has 1 N–H and O–H groups in total.